The molecule has 8 nitrogen and oxygen atoms in total. The zero-order valence-electron chi connectivity index (χ0n) is 18.1. The summed E-state index contributed by atoms with van der Waals surface area (Å²) >= 11 is 0. The Bertz CT molecular complexity index is 852. The number of aryl methyl sites for hydroxylation is 1. The second-order valence-corrected chi connectivity index (χ2v) is 8.17. The molecule has 2 aliphatic rings. The highest BCUT2D eigenvalue weighted by Crippen LogP contribution is 2.30. The lowest BCUT2D eigenvalue weighted by Crippen LogP contribution is -2.35. The molecule has 0 radical (unpaired) electrons. The van der Waals surface area contributed by atoms with E-state index < -0.39 is 29.7 Å². The Balaban J connectivity index is 1.64. The number of aromatic nitrogens is 1. The molecule has 0 bridgehead atoms. The Hall–Kier alpha value is -2.64. The Labute approximate surface area is 176 Å². The predicted molar refractivity (Wildman–Crippen MR) is 108 cm³/mol. The molecule has 30 heavy (non-hydrogen) atoms. The lowest BCUT2D eigenvalue weighted by Gasteiger charge is -2.24. The lowest BCUT2D eigenvalue weighted by atomic mass is 10.1. The number of H-pyrrole nitrogens is 1. The summed E-state index contributed by atoms with van der Waals surface area (Å²) in [5.74, 6) is -2.01. The van der Waals surface area contributed by atoms with Crippen LogP contribution in [0.4, 0.5) is 0 Å². The highest BCUT2D eigenvalue weighted by atomic mass is 16.5. The van der Waals surface area contributed by atoms with Crippen LogP contribution in [-0.2, 0) is 19.1 Å². The first-order chi connectivity index (χ1) is 14.2. The molecule has 164 valence electrons. The highest BCUT2D eigenvalue weighted by Gasteiger charge is 2.40. The number of aromatic amines is 1. The fraction of sp³-hybridized carbons (Fsp3) is 0.636. The maximum atomic E-state index is 12.9. The standard InChI is InChI=1S/C22H30N2O6/c1-5-29-22(28)18-12(2)19(23-13(18)3)20(26)14(4)30-21(27)15-10-17(25)24(11-15)16-8-6-7-9-16/h14-16,23H,5-11H2,1-4H3/t14-,15-/m0/s1. The molecule has 3 rings (SSSR count). The number of likely N-dealkylation sites (tertiary alicyclic amines) is 1. The van der Waals surface area contributed by atoms with Crippen LogP contribution in [0.5, 0.6) is 0 Å². The molecule has 1 N–H and O–H groups in total. The maximum Gasteiger partial charge on any atom is 0.340 e. The van der Waals surface area contributed by atoms with Gasteiger partial charge in [0.1, 0.15) is 0 Å². The van der Waals surface area contributed by atoms with Gasteiger partial charge in [0.2, 0.25) is 11.7 Å². The van der Waals surface area contributed by atoms with Crippen LogP contribution in [0.15, 0.2) is 0 Å². The maximum absolute atomic E-state index is 12.9. The molecule has 1 saturated heterocycles. The van der Waals surface area contributed by atoms with Crippen molar-refractivity contribution >= 4 is 23.6 Å². The summed E-state index contributed by atoms with van der Waals surface area (Å²) in [6.07, 6.45) is 3.28. The molecule has 1 amide bonds. The van der Waals surface area contributed by atoms with E-state index in [1.807, 2.05) is 0 Å². The summed E-state index contributed by atoms with van der Waals surface area (Å²) < 4.78 is 10.5. The average molecular weight is 418 g/mol. The van der Waals surface area contributed by atoms with Gasteiger partial charge in [0, 0.05) is 24.7 Å². The van der Waals surface area contributed by atoms with Gasteiger partial charge >= 0.3 is 11.9 Å². The third-order valence-electron chi connectivity index (χ3n) is 6.08. The number of amides is 1. The summed E-state index contributed by atoms with van der Waals surface area (Å²) in [5.41, 5.74) is 1.56. The van der Waals surface area contributed by atoms with Crippen molar-refractivity contribution in [2.75, 3.05) is 13.2 Å². The molecule has 1 aromatic rings. The van der Waals surface area contributed by atoms with Crippen LogP contribution in [0.25, 0.3) is 0 Å². The van der Waals surface area contributed by atoms with Gasteiger partial charge in [-0.25, -0.2) is 4.79 Å². The van der Waals surface area contributed by atoms with Crippen molar-refractivity contribution in [1.29, 1.82) is 0 Å². The van der Waals surface area contributed by atoms with E-state index in [0.29, 0.717) is 23.4 Å². The van der Waals surface area contributed by atoms with Crippen molar-refractivity contribution in [2.45, 2.75) is 71.9 Å². The molecule has 1 aliphatic carbocycles. The van der Waals surface area contributed by atoms with E-state index >= 15 is 0 Å². The summed E-state index contributed by atoms with van der Waals surface area (Å²) in [4.78, 5) is 54.7. The molecule has 0 spiro atoms. The fourth-order valence-electron chi connectivity index (χ4n) is 4.49. The number of ketones is 1. The molecule has 8 heteroatoms. The van der Waals surface area contributed by atoms with Crippen molar-refractivity contribution in [2.24, 2.45) is 5.92 Å². The number of hydrogen-bond donors (Lipinski definition) is 1. The van der Waals surface area contributed by atoms with E-state index in [-0.39, 0.29) is 30.7 Å². The molecule has 1 aliphatic heterocycles. The lowest BCUT2D eigenvalue weighted by molar-refractivity contribution is -0.151. The van der Waals surface area contributed by atoms with Crippen LogP contribution >= 0.6 is 0 Å². The minimum absolute atomic E-state index is 0.0160. The van der Waals surface area contributed by atoms with Crippen molar-refractivity contribution < 1.29 is 28.7 Å². The SMILES string of the molecule is CCOC(=O)c1c(C)[nH]c(C(=O)[C@H](C)OC(=O)[C@H]2CC(=O)N(C3CCCC3)C2)c1C. The third-order valence-corrected chi connectivity index (χ3v) is 6.08. The molecule has 2 fully saturated rings. The van der Waals surface area contributed by atoms with Gasteiger partial charge in [-0.2, -0.15) is 0 Å². The number of nitrogens with zero attached hydrogens (tertiary/aromatic N) is 1. The zero-order valence-corrected chi connectivity index (χ0v) is 18.1. The monoisotopic (exact) mass is 418 g/mol. The van der Waals surface area contributed by atoms with Crippen molar-refractivity contribution in [1.82, 2.24) is 9.88 Å². The topological polar surface area (TPSA) is 106 Å². The largest absolute Gasteiger partial charge is 0.462 e. The fourth-order valence-corrected chi connectivity index (χ4v) is 4.49. The number of nitrogens with one attached hydrogen (secondary N) is 1. The number of esters is 2. The Morgan fingerprint density at radius 3 is 2.50 bits per heavy atom. The highest BCUT2D eigenvalue weighted by molar-refractivity contribution is 6.04. The quantitative estimate of drug-likeness (QED) is 0.539. The number of rotatable bonds is 7. The molecule has 1 aromatic heterocycles. The molecule has 1 saturated carbocycles. The molecular formula is C22H30N2O6. The smallest absolute Gasteiger partial charge is 0.340 e. The number of Topliss-reactive ketones (excluding diaryl/α,β-unsaturated/α-hetero) is 1. The molecule has 2 atom stereocenters. The Morgan fingerprint density at radius 2 is 1.87 bits per heavy atom. The van der Waals surface area contributed by atoms with E-state index in [1.54, 1.807) is 25.7 Å². The normalized spacial score (nSPS) is 20.5. The first kappa shape index (κ1) is 22.1. The van der Waals surface area contributed by atoms with Gasteiger partial charge in [-0.3, -0.25) is 14.4 Å². The van der Waals surface area contributed by atoms with Gasteiger partial charge in [0.25, 0.3) is 0 Å². The van der Waals surface area contributed by atoms with E-state index in [0.717, 1.165) is 25.7 Å². The Morgan fingerprint density at radius 1 is 1.20 bits per heavy atom. The van der Waals surface area contributed by atoms with Crippen LogP contribution in [0.2, 0.25) is 0 Å². The Kier molecular flexibility index (Phi) is 6.63. The molecular weight excluding hydrogens is 388 g/mol. The first-order valence-corrected chi connectivity index (χ1v) is 10.6. The average Bonchev–Trinajstić information content (AvgIpc) is 3.40. The predicted octanol–water partition coefficient (Wildman–Crippen LogP) is 2.71. The van der Waals surface area contributed by atoms with Gasteiger partial charge in [0.05, 0.1) is 23.8 Å². The summed E-state index contributed by atoms with van der Waals surface area (Å²) in [5, 5.41) is 0. The van der Waals surface area contributed by atoms with Crippen molar-refractivity contribution in [3.8, 4) is 0 Å². The van der Waals surface area contributed by atoms with E-state index in [9.17, 15) is 19.2 Å². The molecule has 0 aromatic carbocycles. The van der Waals surface area contributed by atoms with Crippen molar-refractivity contribution in [3.05, 3.63) is 22.5 Å². The van der Waals surface area contributed by atoms with Crippen LogP contribution in [0.1, 0.15) is 78.1 Å². The van der Waals surface area contributed by atoms with E-state index in [4.69, 9.17) is 9.47 Å². The van der Waals surface area contributed by atoms with Crippen molar-refractivity contribution in [3.63, 3.8) is 0 Å². The number of carbonyl (C=O) groups excluding carboxylic acids is 4. The summed E-state index contributed by atoms with van der Waals surface area (Å²) in [6, 6.07) is 0.222. The van der Waals surface area contributed by atoms with E-state index in [2.05, 4.69) is 4.98 Å². The summed E-state index contributed by atoms with van der Waals surface area (Å²) in [6.45, 7) is 7.16. The van der Waals surface area contributed by atoms with Gasteiger partial charge in [0.15, 0.2) is 6.10 Å². The van der Waals surface area contributed by atoms with Gasteiger partial charge in [-0.1, -0.05) is 12.8 Å². The minimum atomic E-state index is -1.03. The number of hydrogen-bond acceptors (Lipinski definition) is 6. The molecule has 2 heterocycles. The second kappa shape index (κ2) is 9.02. The van der Waals surface area contributed by atoms with E-state index in [1.165, 1.54) is 6.92 Å². The van der Waals surface area contributed by atoms with Crippen LogP contribution in [0, 0.1) is 19.8 Å². The zero-order chi connectivity index (χ0) is 22.0. The van der Waals surface area contributed by atoms with Crippen LogP contribution < -0.4 is 0 Å². The number of carbonyl (C=O) groups is 4. The van der Waals surface area contributed by atoms with Gasteiger partial charge < -0.3 is 19.4 Å². The van der Waals surface area contributed by atoms with Gasteiger partial charge in [-0.05, 0) is 46.1 Å². The third kappa shape index (κ3) is 4.27. The number of ether oxygens (including phenoxy) is 2. The molecule has 0 unspecified atom stereocenters. The minimum Gasteiger partial charge on any atom is -0.462 e. The van der Waals surface area contributed by atoms with Crippen LogP contribution in [-0.4, -0.2) is 58.8 Å². The second-order valence-electron chi connectivity index (χ2n) is 8.17. The van der Waals surface area contributed by atoms with Gasteiger partial charge in [-0.15, -0.1) is 0 Å². The van der Waals surface area contributed by atoms with Crippen LogP contribution in [0.3, 0.4) is 0 Å². The summed E-state index contributed by atoms with van der Waals surface area (Å²) in [7, 11) is 0. The first-order valence-electron chi connectivity index (χ1n) is 10.6.